The maximum Gasteiger partial charge on any atom is 0.289 e. The summed E-state index contributed by atoms with van der Waals surface area (Å²) >= 11 is 0. The van der Waals surface area contributed by atoms with Crippen molar-refractivity contribution in [1.29, 1.82) is 0 Å². The van der Waals surface area contributed by atoms with Crippen molar-refractivity contribution in [3.8, 4) is 5.75 Å². The van der Waals surface area contributed by atoms with E-state index in [1.54, 1.807) is 28.6 Å². The fourth-order valence-electron chi connectivity index (χ4n) is 2.23. The molecule has 1 aliphatic heterocycles. The molecule has 0 spiro atoms. The van der Waals surface area contributed by atoms with Crippen molar-refractivity contribution >= 4 is 5.91 Å². The summed E-state index contributed by atoms with van der Waals surface area (Å²) in [4.78, 5) is 25.3. The molecule has 1 saturated heterocycles. The van der Waals surface area contributed by atoms with E-state index in [0.29, 0.717) is 24.6 Å². The summed E-state index contributed by atoms with van der Waals surface area (Å²) in [7, 11) is 1.72. The van der Waals surface area contributed by atoms with Gasteiger partial charge in [0.1, 0.15) is 11.9 Å². The van der Waals surface area contributed by atoms with Crippen LogP contribution in [0.15, 0.2) is 39.7 Å². The molecular weight excluding hydrogens is 272 g/mol. The van der Waals surface area contributed by atoms with E-state index in [4.69, 9.17) is 9.15 Å². The lowest BCUT2D eigenvalue weighted by atomic mass is 10.1. The van der Waals surface area contributed by atoms with E-state index in [1.807, 2.05) is 13.0 Å². The highest BCUT2D eigenvalue weighted by atomic mass is 16.5. The van der Waals surface area contributed by atoms with E-state index in [9.17, 15) is 9.59 Å². The molecule has 6 heteroatoms. The lowest BCUT2D eigenvalue weighted by molar-refractivity contribution is 0.0154. The van der Waals surface area contributed by atoms with Gasteiger partial charge in [-0.25, -0.2) is 0 Å². The number of pyridine rings is 1. The van der Waals surface area contributed by atoms with Crippen molar-refractivity contribution in [3.63, 3.8) is 0 Å². The highest BCUT2D eigenvalue weighted by Crippen LogP contribution is 2.19. The van der Waals surface area contributed by atoms with E-state index >= 15 is 0 Å². The maximum absolute atomic E-state index is 12.0. The zero-order chi connectivity index (χ0) is 15.0. The lowest BCUT2D eigenvalue weighted by Crippen LogP contribution is -2.56. The van der Waals surface area contributed by atoms with Gasteiger partial charge >= 0.3 is 0 Å². The Morgan fingerprint density at radius 3 is 2.76 bits per heavy atom. The van der Waals surface area contributed by atoms with Gasteiger partial charge in [-0.1, -0.05) is 0 Å². The molecule has 6 nitrogen and oxygen atoms in total. The summed E-state index contributed by atoms with van der Waals surface area (Å²) in [6.45, 7) is 2.84. The van der Waals surface area contributed by atoms with Gasteiger partial charge in [0, 0.05) is 18.8 Å². The van der Waals surface area contributed by atoms with E-state index < -0.39 is 0 Å². The zero-order valence-electron chi connectivity index (χ0n) is 11.9. The number of hydrogen-bond acceptors (Lipinski definition) is 4. The third-order valence-corrected chi connectivity index (χ3v) is 3.65. The molecule has 2 aromatic heterocycles. The molecule has 0 unspecified atom stereocenters. The van der Waals surface area contributed by atoms with Gasteiger partial charge in [-0.15, -0.1) is 0 Å². The van der Waals surface area contributed by atoms with Crippen LogP contribution in [0.25, 0.3) is 0 Å². The van der Waals surface area contributed by atoms with Crippen LogP contribution in [0.4, 0.5) is 0 Å². The summed E-state index contributed by atoms with van der Waals surface area (Å²) < 4.78 is 12.4. The summed E-state index contributed by atoms with van der Waals surface area (Å²) in [5.41, 5.74) is 0.730. The summed E-state index contributed by atoms with van der Waals surface area (Å²) in [5, 5.41) is 0. The Morgan fingerprint density at radius 2 is 2.14 bits per heavy atom. The predicted molar refractivity (Wildman–Crippen MR) is 75.4 cm³/mol. The van der Waals surface area contributed by atoms with Gasteiger partial charge in [-0.2, -0.15) is 0 Å². The number of amides is 1. The van der Waals surface area contributed by atoms with Crippen LogP contribution in [0.5, 0.6) is 5.75 Å². The van der Waals surface area contributed by atoms with Gasteiger partial charge in [0.25, 0.3) is 11.5 Å². The van der Waals surface area contributed by atoms with Crippen LogP contribution in [-0.4, -0.2) is 34.6 Å². The molecule has 0 N–H and O–H groups in total. The Hall–Kier alpha value is -2.50. The highest BCUT2D eigenvalue weighted by Gasteiger charge is 2.34. The summed E-state index contributed by atoms with van der Waals surface area (Å²) in [6.07, 6.45) is 1.39. The SMILES string of the molecule is Cc1cc(OC2CN(C(=O)c3ccco3)C2)cc(=O)n1C. The first kappa shape index (κ1) is 13.5. The Labute approximate surface area is 121 Å². The molecule has 0 atom stereocenters. The number of nitrogens with zero attached hydrogens (tertiary/aromatic N) is 2. The van der Waals surface area contributed by atoms with E-state index in [2.05, 4.69) is 0 Å². The maximum atomic E-state index is 12.0. The first-order valence-corrected chi connectivity index (χ1v) is 6.71. The average Bonchev–Trinajstić information content (AvgIpc) is 2.93. The number of ether oxygens (including phenoxy) is 1. The molecule has 110 valence electrons. The first-order valence-electron chi connectivity index (χ1n) is 6.71. The Morgan fingerprint density at radius 1 is 1.38 bits per heavy atom. The molecule has 1 fully saturated rings. The van der Waals surface area contributed by atoms with Crippen molar-refractivity contribution in [2.75, 3.05) is 13.1 Å². The number of furan rings is 1. The van der Waals surface area contributed by atoms with Crippen molar-refractivity contribution in [3.05, 3.63) is 52.3 Å². The van der Waals surface area contributed by atoms with Gasteiger partial charge in [0.15, 0.2) is 5.76 Å². The fraction of sp³-hybridized carbons (Fsp3) is 0.333. The van der Waals surface area contributed by atoms with Crippen LogP contribution in [0, 0.1) is 6.92 Å². The zero-order valence-corrected chi connectivity index (χ0v) is 11.9. The monoisotopic (exact) mass is 288 g/mol. The van der Waals surface area contributed by atoms with Gasteiger partial charge in [-0.3, -0.25) is 9.59 Å². The highest BCUT2D eigenvalue weighted by molar-refractivity contribution is 5.92. The normalized spacial score (nSPS) is 14.9. The molecule has 0 aromatic carbocycles. The molecule has 0 saturated carbocycles. The molecule has 1 amide bonds. The Bertz CT molecular complexity index is 712. The number of carbonyl (C=O) groups excluding carboxylic acids is 1. The van der Waals surface area contributed by atoms with Gasteiger partial charge in [0.2, 0.25) is 0 Å². The molecule has 0 radical (unpaired) electrons. The third-order valence-electron chi connectivity index (χ3n) is 3.65. The number of hydrogen-bond donors (Lipinski definition) is 0. The van der Waals surface area contributed by atoms with Crippen molar-refractivity contribution in [2.45, 2.75) is 13.0 Å². The molecule has 3 heterocycles. The number of carbonyl (C=O) groups is 1. The summed E-state index contributed by atoms with van der Waals surface area (Å²) in [6, 6.07) is 6.60. The lowest BCUT2D eigenvalue weighted by Gasteiger charge is -2.38. The van der Waals surface area contributed by atoms with Gasteiger partial charge < -0.3 is 18.6 Å². The fourth-order valence-corrected chi connectivity index (χ4v) is 2.23. The summed E-state index contributed by atoms with van der Waals surface area (Å²) in [5.74, 6) is 0.739. The second-order valence-corrected chi connectivity index (χ2v) is 5.16. The predicted octanol–water partition coefficient (Wildman–Crippen LogP) is 1.19. The molecule has 1 aliphatic rings. The van der Waals surface area contributed by atoms with E-state index in [-0.39, 0.29) is 17.6 Å². The largest absolute Gasteiger partial charge is 0.486 e. The van der Waals surface area contributed by atoms with Crippen LogP contribution < -0.4 is 10.3 Å². The first-order chi connectivity index (χ1) is 10.0. The topological polar surface area (TPSA) is 64.7 Å². The standard InChI is InChI=1S/C15H16N2O4/c1-10-6-11(7-14(18)16(10)2)21-12-8-17(9-12)15(19)13-4-3-5-20-13/h3-7,12H,8-9H2,1-2H3. The van der Waals surface area contributed by atoms with Crippen molar-refractivity contribution in [2.24, 2.45) is 7.05 Å². The van der Waals surface area contributed by atoms with E-state index in [0.717, 1.165) is 5.69 Å². The minimum Gasteiger partial charge on any atom is -0.486 e. The van der Waals surface area contributed by atoms with Crippen molar-refractivity contribution in [1.82, 2.24) is 9.47 Å². The second-order valence-electron chi connectivity index (χ2n) is 5.16. The average molecular weight is 288 g/mol. The molecule has 3 rings (SSSR count). The van der Waals surface area contributed by atoms with Crippen LogP contribution >= 0.6 is 0 Å². The van der Waals surface area contributed by atoms with Gasteiger partial charge in [0.05, 0.1) is 19.4 Å². The Balaban J connectivity index is 1.60. The Kier molecular flexibility index (Phi) is 3.29. The third kappa shape index (κ3) is 2.56. The molecular formula is C15H16N2O4. The number of rotatable bonds is 3. The van der Waals surface area contributed by atoms with E-state index in [1.165, 1.54) is 12.3 Å². The van der Waals surface area contributed by atoms with Crippen LogP contribution in [0.1, 0.15) is 16.2 Å². The molecule has 0 bridgehead atoms. The van der Waals surface area contributed by atoms with Crippen LogP contribution in [-0.2, 0) is 7.05 Å². The van der Waals surface area contributed by atoms with Crippen LogP contribution in [0.3, 0.4) is 0 Å². The number of likely N-dealkylation sites (tertiary alicyclic amines) is 1. The smallest absolute Gasteiger partial charge is 0.289 e. The molecule has 21 heavy (non-hydrogen) atoms. The molecule has 0 aliphatic carbocycles. The molecule has 2 aromatic rings. The minimum atomic E-state index is -0.139. The van der Waals surface area contributed by atoms with Crippen molar-refractivity contribution < 1.29 is 13.9 Å². The quantitative estimate of drug-likeness (QED) is 0.851. The number of aryl methyl sites for hydroxylation is 1. The van der Waals surface area contributed by atoms with Crippen LogP contribution in [0.2, 0.25) is 0 Å². The minimum absolute atomic E-state index is 0.0876. The number of aromatic nitrogens is 1. The van der Waals surface area contributed by atoms with Gasteiger partial charge in [-0.05, 0) is 25.1 Å². The second kappa shape index (κ2) is 5.12.